The van der Waals surface area contributed by atoms with Gasteiger partial charge in [0.05, 0.1) is 11.5 Å². The molecule has 19 heavy (non-hydrogen) atoms. The van der Waals surface area contributed by atoms with E-state index >= 15 is 0 Å². The van der Waals surface area contributed by atoms with Crippen LogP contribution in [-0.2, 0) is 19.4 Å². The monoisotopic (exact) mass is 290 g/mol. The lowest BCUT2D eigenvalue weighted by Crippen LogP contribution is -2.52. The molecule has 0 unspecified atom stereocenters. The van der Waals surface area contributed by atoms with Gasteiger partial charge in [-0.2, -0.15) is 0 Å². The van der Waals surface area contributed by atoms with Gasteiger partial charge >= 0.3 is 0 Å². The molecule has 7 heteroatoms. The molecule has 0 spiro atoms. The highest BCUT2D eigenvalue weighted by molar-refractivity contribution is 7.91. The van der Waals surface area contributed by atoms with Crippen molar-refractivity contribution in [3.63, 3.8) is 0 Å². The molecule has 110 valence electrons. The fourth-order valence-corrected chi connectivity index (χ4v) is 3.01. The van der Waals surface area contributed by atoms with E-state index in [1.165, 1.54) is 4.90 Å². The lowest BCUT2D eigenvalue weighted by molar-refractivity contribution is -0.136. The van der Waals surface area contributed by atoms with Crippen molar-refractivity contribution in [2.75, 3.05) is 24.6 Å². The van der Waals surface area contributed by atoms with Crippen molar-refractivity contribution >= 4 is 21.7 Å². The minimum atomic E-state index is -3.00. The Morgan fingerprint density at radius 2 is 1.74 bits per heavy atom. The van der Waals surface area contributed by atoms with E-state index in [1.807, 2.05) is 6.92 Å². The van der Waals surface area contributed by atoms with Crippen LogP contribution in [0.3, 0.4) is 0 Å². The fourth-order valence-electron chi connectivity index (χ4n) is 1.81. The zero-order valence-corrected chi connectivity index (χ0v) is 12.5. The van der Waals surface area contributed by atoms with Crippen LogP contribution in [0.4, 0.5) is 0 Å². The first-order chi connectivity index (χ1) is 8.76. The van der Waals surface area contributed by atoms with Gasteiger partial charge in [-0.05, 0) is 13.3 Å². The number of hydrogen-bond donors (Lipinski definition) is 1. The molecule has 2 amide bonds. The molecule has 0 bridgehead atoms. The Morgan fingerprint density at radius 3 is 2.21 bits per heavy atom. The van der Waals surface area contributed by atoms with Crippen LogP contribution >= 0.6 is 0 Å². The molecule has 0 aliphatic carbocycles. The van der Waals surface area contributed by atoms with Crippen molar-refractivity contribution < 1.29 is 18.0 Å². The van der Waals surface area contributed by atoms with Crippen LogP contribution in [0.25, 0.3) is 0 Å². The van der Waals surface area contributed by atoms with Crippen LogP contribution in [0.15, 0.2) is 0 Å². The quantitative estimate of drug-likeness (QED) is 0.777. The Labute approximate surface area is 114 Å². The van der Waals surface area contributed by atoms with Crippen molar-refractivity contribution in [1.29, 1.82) is 0 Å². The van der Waals surface area contributed by atoms with Gasteiger partial charge in [-0.25, -0.2) is 8.42 Å². The number of nitrogens with zero attached hydrogens (tertiary/aromatic N) is 1. The number of carbonyl (C=O) groups is 2. The van der Waals surface area contributed by atoms with Gasteiger partial charge in [0, 0.05) is 19.0 Å². The fraction of sp³-hybridized carbons (Fsp3) is 0.833. The Balaban J connectivity index is 2.52. The summed E-state index contributed by atoms with van der Waals surface area (Å²) in [6.07, 6.45) is 0.717. The minimum absolute atomic E-state index is 0.00473. The Bertz CT molecular complexity index is 433. The molecule has 1 heterocycles. The highest BCUT2D eigenvalue weighted by atomic mass is 32.2. The molecular weight excluding hydrogens is 268 g/mol. The van der Waals surface area contributed by atoms with E-state index in [1.54, 1.807) is 13.8 Å². The number of sulfone groups is 1. The molecule has 6 nitrogen and oxygen atoms in total. The molecular formula is C12H22N2O4S. The minimum Gasteiger partial charge on any atom is -0.344 e. The third kappa shape index (κ3) is 4.49. The standard InChI is InChI=1S/C12H22N2O4S/c1-4-9(2)11(15)13-10(3)12(16)14-5-7-19(17,18)8-6-14/h9-10H,4-8H2,1-3H3,(H,13,15)/t9-,10+/m1/s1. The molecule has 1 saturated heterocycles. The second kappa shape index (κ2) is 6.36. The molecule has 0 aromatic carbocycles. The first-order valence-corrected chi connectivity index (χ1v) is 8.38. The van der Waals surface area contributed by atoms with Gasteiger partial charge in [0.1, 0.15) is 6.04 Å². The van der Waals surface area contributed by atoms with Crippen LogP contribution in [0.5, 0.6) is 0 Å². The van der Waals surface area contributed by atoms with Crippen LogP contribution in [-0.4, -0.2) is 55.8 Å². The van der Waals surface area contributed by atoms with Gasteiger partial charge < -0.3 is 10.2 Å². The second-order valence-electron chi connectivity index (χ2n) is 5.02. The highest BCUT2D eigenvalue weighted by Gasteiger charge is 2.28. The predicted octanol–water partition coefficient (Wildman–Crippen LogP) is -0.206. The Morgan fingerprint density at radius 1 is 1.21 bits per heavy atom. The van der Waals surface area contributed by atoms with E-state index in [2.05, 4.69) is 5.32 Å². The number of rotatable bonds is 4. The largest absolute Gasteiger partial charge is 0.344 e. The van der Waals surface area contributed by atoms with Crippen molar-refractivity contribution in [2.45, 2.75) is 33.2 Å². The first-order valence-electron chi connectivity index (χ1n) is 6.56. The van der Waals surface area contributed by atoms with Gasteiger partial charge in [-0.1, -0.05) is 13.8 Å². The van der Waals surface area contributed by atoms with E-state index < -0.39 is 15.9 Å². The van der Waals surface area contributed by atoms with Gasteiger partial charge in [0.25, 0.3) is 0 Å². The van der Waals surface area contributed by atoms with Crippen LogP contribution in [0, 0.1) is 5.92 Å². The molecule has 0 aromatic rings. The van der Waals surface area contributed by atoms with E-state index in [-0.39, 0.29) is 42.3 Å². The van der Waals surface area contributed by atoms with Crippen molar-refractivity contribution in [1.82, 2.24) is 10.2 Å². The van der Waals surface area contributed by atoms with E-state index in [0.717, 1.165) is 0 Å². The number of nitrogens with one attached hydrogen (secondary N) is 1. The summed E-state index contributed by atoms with van der Waals surface area (Å²) >= 11 is 0. The third-order valence-electron chi connectivity index (χ3n) is 3.45. The number of amides is 2. The summed E-state index contributed by atoms with van der Waals surface area (Å²) < 4.78 is 22.6. The maximum atomic E-state index is 12.1. The first kappa shape index (κ1) is 15.9. The molecule has 1 fully saturated rings. The predicted molar refractivity (Wildman–Crippen MR) is 72.3 cm³/mol. The Hall–Kier alpha value is -1.11. The number of hydrogen-bond acceptors (Lipinski definition) is 4. The topological polar surface area (TPSA) is 83.6 Å². The van der Waals surface area contributed by atoms with Gasteiger partial charge in [-0.3, -0.25) is 9.59 Å². The van der Waals surface area contributed by atoms with Crippen molar-refractivity contribution in [3.8, 4) is 0 Å². The lowest BCUT2D eigenvalue weighted by Gasteiger charge is -2.29. The van der Waals surface area contributed by atoms with Crippen molar-refractivity contribution in [2.24, 2.45) is 5.92 Å². The Kier molecular flexibility index (Phi) is 5.34. The molecule has 1 N–H and O–H groups in total. The average Bonchev–Trinajstić information content (AvgIpc) is 2.36. The number of carbonyl (C=O) groups excluding carboxylic acids is 2. The zero-order chi connectivity index (χ0) is 14.6. The molecule has 0 radical (unpaired) electrons. The maximum absolute atomic E-state index is 12.1. The van der Waals surface area contributed by atoms with Gasteiger partial charge in [-0.15, -0.1) is 0 Å². The summed E-state index contributed by atoms with van der Waals surface area (Å²) in [7, 11) is -3.00. The van der Waals surface area contributed by atoms with Crippen LogP contribution in [0.1, 0.15) is 27.2 Å². The summed E-state index contributed by atoms with van der Waals surface area (Å²) in [4.78, 5) is 25.3. The van der Waals surface area contributed by atoms with Gasteiger partial charge in [0.15, 0.2) is 9.84 Å². The van der Waals surface area contributed by atoms with Gasteiger partial charge in [0.2, 0.25) is 11.8 Å². The van der Waals surface area contributed by atoms with E-state index in [4.69, 9.17) is 0 Å². The van der Waals surface area contributed by atoms with E-state index in [9.17, 15) is 18.0 Å². The molecule has 2 atom stereocenters. The molecule has 0 aromatic heterocycles. The van der Waals surface area contributed by atoms with E-state index in [0.29, 0.717) is 6.42 Å². The lowest BCUT2D eigenvalue weighted by atomic mass is 10.1. The normalized spacial score (nSPS) is 21.5. The summed E-state index contributed by atoms with van der Waals surface area (Å²) in [6, 6.07) is -0.609. The maximum Gasteiger partial charge on any atom is 0.244 e. The molecule has 1 rings (SSSR count). The third-order valence-corrected chi connectivity index (χ3v) is 5.05. The molecule has 0 saturated carbocycles. The SMILES string of the molecule is CC[C@@H](C)C(=O)N[C@@H](C)C(=O)N1CCS(=O)(=O)CC1. The molecule has 1 aliphatic heterocycles. The second-order valence-corrected chi connectivity index (χ2v) is 7.32. The van der Waals surface area contributed by atoms with Crippen molar-refractivity contribution in [3.05, 3.63) is 0 Å². The summed E-state index contributed by atoms with van der Waals surface area (Å²) in [5, 5.41) is 2.67. The summed E-state index contributed by atoms with van der Waals surface area (Å²) in [5.74, 6) is -0.480. The summed E-state index contributed by atoms with van der Waals surface area (Å²) in [6.45, 7) is 5.77. The summed E-state index contributed by atoms with van der Waals surface area (Å²) in [5.41, 5.74) is 0. The zero-order valence-electron chi connectivity index (χ0n) is 11.7. The van der Waals surface area contributed by atoms with Crippen LogP contribution < -0.4 is 5.32 Å². The smallest absolute Gasteiger partial charge is 0.244 e. The van der Waals surface area contributed by atoms with Crippen LogP contribution in [0.2, 0.25) is 0 Å². The highest BCUT2D eigenvalue weighted by Crippen LogP contribution is 2.07. The average molecular weight is 290 g/mol. The molecule has 1 aliphatic rings.